The first-order valence-corrected chi connectivity index (χ1v) is 9.53. The van der Waals surface area contributed by atoms with Crippen molar-refractivity contribution in [2.45, 2.75) is 44.6 Å². The second kappa shape index (κ2) is 6.77. The standard InChI is InChI=1S/C19H21N3OS/c23-18(12-14-10-11-24-13-14)21-19-20-16-8-4-5-9-17(16)22(19)15-6-2-1-3-7-15/h4-5,8-11,13,15H,1-3,6-7,12H2,(H,20,21,23). The lowest BCUT2D eigenvalue weighted by Gasteiger charge is -2.25. The van der Waals surface area contributed by atoms with E-state index in [-0.39, 0.29) is 5.91 Å². The van der Waals surface area contributed by atoms with E-state index in [0.29, 0.717) is 18.4 Å². The monoisotopic (exact) mass is 339 g/mol. The highest BCUT2D eigenvalue weighted by atomic mass is 32.1. The molecule has 0 atom stereocenters. The summed E-state index contributed by atoms with van der Waals surface area (Å²) in [5.74, 6) is 0.698. The molecule has 24 heavy (non-hydrogen) atoms. The minimum atomic E-state index is 0.000709. The molecule has 1 fully saturated rings. The van der Waals surface area contributed by atoms with Crippen LogP contribution in [0.1, 0.15) is 43.7 Å². The molecule has 2 heterocycles. The van der Waals surface area contributed by atoms with Gasteiger partial charge in [-0.25, -0.2) is 4.98 Å². The Bertz CT molecular complexity index is 832. The maximum atomic E-state index is 12.4. The van der Waals surface area contributed by atoms with Crippen molar-refractivity contribution >= 4 is 34.2 Å². The molecule has 1 aliphatic rings. The molecular formula is C19H21N3OS. The number of carbonyl (C=O) groups is 1. The van der Waals surface area contributed by atoms with Crippen molar-refractivity contribution in [3.8, 4) is 0 Å². The number of thiophene rings is 1. The molecule has 1 aromatic carbocycles. The van der Waals surface area contributed by atoms with Gasteiger partial charge in [-0.2, -0.15) is 11.3 Å². The van der Waals surface area contributed by atoms with Crippen LogP contribution >= 0.6 is 11.3 Å². The lowest BCUT2D eigenvalue weighted by Crippen LogP contribution is -2.21. The Kier molecular flexibility index (Phi) is 4.34. The molecule has 4 nitrogen and oxygen atoms in total. The second-order valence-electron chi connectivity index (χ2n) is 6.44. The average Bonchev–Trinajstić information content (AvgIpc) is 3.22. The lowest BCUT2D eigenvalue weighted by atomic mass is 9.95. The average molecular weight is 339 g/mol. The van der Waals surface area contributed by atoms with E-state index in [4.69, 9.17) is 4.98 Å². The van der Waals surface area contributed by atoms with Gasteiger partial charge < -0.3 is 4.57 Å². The zero-order valence-corrected chi connectivity index (χ0v) is 14.4. The van der Waals surface area contributed by atoms with Gasteiger partial charge in [-0.1, -0.05) is 31.4 Å². The van der Waals surface area contributed by atoms with Gasteiger partial charge in [0.05, 0.1) is 17.5 Å². The van der Waals surface area contributed by atoms with Crippen LogP contribution < -0.4 is 5.32 Å². The van der Waals surface area contributed by atoms with Gasteiger partial charge in [0.15, 0.2) is 0 Å². The Morgan fingerprint density at radius 2 is 2.04 bits per heavy atom. The number of hydrogen-bond acceptors (Lipinski definition) is 3. The second-order valence-corrected chi connectivity index (χ2v) is 7.22. The van der Waals surface area contributed by atoms with Crippen LogP contribution in [-0.4, -0.2) is 15.5 Å². The van der Waals surface area contributed by atoms with Crippen LogP contribution in [0, 0.1) is 0 Å². The van der Waals surface area contributed by atoms with E-state index in [1.807, 2.05) is 35.0 Å². The predicted octanol–water partition coefficient (Wildman–Crippen LogP) is 4.78. The number of aromatic nitrogens is 2. The topological polar surface area (TPSA) is 46.9 Å². The highest BCUT2D eigenvalue weighted by Crippen LogP contribution is 2.34. The third kappa shape index (κ3) is 3.08. The zero-order chi connectivity index (χ0) is 16.4. The number of anilines is 1. The fourth-order valence-electron chi connectivity index (χ4n) is 3.59. The van der Waals surface area contributed by atoms with Crippen molar-refractivity contribution in [3.63, 3.8) is 0 Å². The van der Waals surface area contributed by atoms with Gasteiger partial charge in [-0.15, -0.1) is 0 Å². The summed E-state index contributed by atoms with van der Waals surface area (Å²) in [4.78, 5) is 17.1. The van der Waals surface area contributed by atoms with Crippen molar-refractivity contribution < 1.29 is 4.79 Å². The number of para-hydroxylation sites is 2. The van der Waals surface area contributed by atoms with Gasteiger partial charge >= 0.3 is 0 Å². The van der Waals surface area contributed by atoms with Gasteiger partial charge in [-0.3, -0.25) is 10.1 Å². The maximum Gasteiger partial charge on any atom is 0.231 e. The Labute approximate surface area is 145 Å². The predicted molar refractivity (Wildman–Crippen MR) is 98.5 cm³/mol. The number of hydrogen-bond donors (Lipinski definition) is 1. The molecule has 1 N–H and O–H groups in total. The largest absolute Gasteiger partial charge is 0.307 e. The van der Waals surface area contributed by atoms with Gasteiger partial charge in [0.25, 0.3) is 0 Å². The van der Waals surface area contributed by atoms with Crippen molar-refractivity contribution in [3.05, 3.63) is 46.7 Å². The highest BCUT2D eigenvalue weighted by molar-refractivity contribution is 7.08. The van der Waals surface area contributed by atoms with Crippen LogP contribution in [0.4, 0.5) is 5.95 Å². The Balaban J connectivity index is 1.64. The van der Waals surface area contributed by atoms with E-state index in [2.05, 4.69) is 16.0 Å². The summed E-state index contributed by atoms with van der Waals surface area (Å²) in [7, 11) is 0. The third-order valence-electron chi connectivity index (χ3n) is 4.73. The number of nitrogens with one attached hydrogen (secondary N) is 1. The summed E-state index contributed by atoms with van der Waals surface area (Å²) >= 11 is 1.62. The summed E-state index contributed by atoms with van der Waals surface area (Å²) in [6, 6.07) is 10.6. The van der Waals surface area contributed by atoms with Crippen LogP contribution in [0.15, 0.2) is 41.1 Å². The first kappa shape index (κ1) is 15.4. The summed E-state index contributed by atoms with van der Waals surface area (Å²) < 4.78 is 2.25. The highest BCUT2D eigenvalue weighted by Gasteiger charge is 2.22. The number of fused-ring (bicyclic) bond motifs is 1. The van der Waals surface area contributed by atoms with E-state index in [9.17, 15) is 4.79 Å². The molecule has 1 amide bonds. The molecular weight excluding hydrogens is 318 g/mol. The van der Waals surface area contributed by atoms with Gasteiger partial charge in [0, 0.05) is 6.04 Å². The van der Waals surface area contributed by atoms with E-state index in [0.717, 1.165) is 29.4 Å². The molecule has 124 valence electrons. The normalized spacial score (nSPS) is 15.7. The SMILES string of the molecule is O=C(Cc1ccsc1)Nc1nc2ccccc2n1C1CCCCC1. The van der Waals surface area contributed by atoms with Gasteiger partial charge in [-0.05, 0) is 47.4 Å². The first-order valence-electron chi connectivity index (χ1n) is 8.59. The zero-order valence-electron chi connectivity index (χ0n) is 13.6. The summed E-state index contributed by atoms with van der Waals surface area (Å²) in [6.45, 7) is 0. The van der Waals surface area contributed by atoms with Crippen molar-refractivity contribution in [2.24, 2.45) is 0 Å². The number of amides is 1. The molecule has 0 spiro atoms. The molecule has 0 aliphatic heterocycles. The molecule has 1 saturated carbocycles. The van der Waals surface area contributed by atoms with E-state index in [1.165, 1.54) is 19.3 Å². The Hall–Kier alpha value is -2.14. The van der Waals surface area contributed by atoms with Gasteiger partial charge in [0.2, 0.25) is 11.9 Å². The van der Waals surface area contributed by atoms with E-state index in [1.54, 1.807) is 11.3 Å². The molecule has 1 aliphatic carbocycles. The first-order chi connectivity index (χ1) is 11.8. The molecule has 4 rings (SSSR count). The van der Waals surface area contributed by atoms with Crippen LogP contribution in [-0.2, 0) is 11.2 Å². The van der Waals surface area contributed by atoms with E-state index >= 15 is 0 Å². The summed E-state index contributed by atoms with van der Waals surface area (Å²) in [5, 5.41) is 7.07. The maximum absolute atomic E-state index is 12.4. The quantitative estimate of drug-likeness (QED) is 0.743. The van der Waals surface area contributed by atoms with Crippen molar-refractivity contribution in [1.82, 2.24) is 9.55 Å². The van der Waals surface area contributed by atoms with Gasteiger partial charge in [0.1, 0.15) is 0 Å². The summed E-state index contributed by atoms with van der Waals surface area (Å²) in [5.41, 5.74) is 3.13. The fraction of sp³-hybridized carbons (Fsp3) is 0.368. The summed E-state index contributed by atoms with van der Waals surface area (Å²) in [6.07, 6.45) is 6.53. The molecule has 5 heteroatoms. The number of imidazole rings is 1. The Morgan fingerprint density at radius 3 is 2.83 bits per heavy atom. The molecule has 0 unspecified atom stereocenters. The van der Waals surface area contributed by atoms with Crippen LogP contribution in [0.2, 0.25) is 0 Å². The van der Waals surface area contributed by atoms with E-state index < -0.39 is 0 Å². The number of benzene rings is 1. The van der Waals surface area contributed by atoms with Crippen molar-refractivity contribution in [2.75, 3.05) is 5.32 Å². The fourth-order valence-corrected chi connectivity index (χ4v) is 4.26. The number of carbonyl (C=O) groups excluding carboxylic acids is 1. The van der Waals surface area contributed by atoms with Crippen LogP contribution in [0.5, 0.6) is 0 Å². The number of nitrogens with zero attached hydrogens (tertiary/aromatic N) is 2. The minimum absolute atomic E-state index is 0.000709. The smallest absolute Gasteiger partial charge is 0.231 e. The Morgan fingerprint density at radius 1 is 1.21 bits per heavy atom. The molecule has 2 aromatic heterocycles. The molecule has 3 aromatic rings. The lowest BCUT2D eigenvalue weighted by molar-refractivity contribution is -0.115. The number of rotatable bonds is 4. The van der Waals surface area contributed by atoms with Crippen molar-refractivity contribution in [1.29, 1.82) is 0 Å². The molecule has 0 saturated heterocycles. The minimum Gasteiger partial charge on any atom is -0.307 e. The molecule has 0 radical (unpaired) electrons. The molecule has 0 bridgehead atoms. The third-order valence-corrected chi connectivity index (χ3v) is 5.46. The van der Waals surface area contributed by atoms with Crippen LogP contribution in [0.3, 0.4) is 0 Å². The van der Waals surface area contributed by atoms with Crippen LogP contribution in [0.25, 0.3) is 11.0 Å².